The van der Waals surface area contributed by atoms with Crippen molar-refractivity contribution >= 4 is 33.2 Å². The van der Waals surface area contributed by atoms with Gasteiger partial charge in [0.1, 0.15) is 5.82 Å². The van der Waals surface area contributed by atoms with Crippen molar-refractivity contribution in [2.75, 3.05) is 18.4 Å². The summed E-state index contributed by atoms with van der Waals surface area (Å²) in [6.45, 7) is 2.27. The zero-order valence-corrected chi connectivity index (χ0v) is 16.4. The number of carbonyl (C=O) groups is 1. The van der Waals surface area contributed by atoms with E-state index in [0.29, 0.717) is 30.1 Å². The van der Waals surface area contributed by atoms with E-state index in [-0.39, 0.29) is 17.3 Å². The Morgan fingerprint density at radius 2 is 1.93 bits per heavy atom. The summed E-state index contributed by atoms with van der Waals surface area (Å²) in [5.41, 5.74) is 1.49. The molecule has 5 nitrogen and oxygen atoms in total. The first kappa shape index (κ1) is 19.8. The highest BCUT2D eigenvalue weighted by Gasteiger charge is 2.33. The Bertz CT molecular complexity index is 948. The Morgan fingerprint density at radius 1 is 1.22 bits per heavy atom. The van der Waals surface area contributed by atoms with Crippen LogP contribution in [0.1, 0.15) is 18.4 Å². The maximum atomic E-state index is 13.1. The molecule has 1 unspecified atom stereocenters. The zero-order chi connectivity index (χ0) is 19.6. The first-order valence-electron chi connectivity index (χ1n) is 8.60. The maximum Gasteiger partial charge on any atom is 0.243 e. The quantitative estimate of drug-likeness (QED) is 0.833. The molecule has 1 fully saturated rings. The van der Waals surface area contributed by atoms with Crippen LogP contribution in [0.2, 0.25) is 5.02 Å². The highest BCUT2D eigenvalue weighted by molar-refractivity contribution is 7.89. The third-order valence-electron chi connectivity index (χ3n) is 4.65. The minimum Gasteiger partial charge on any atom is -0.326 e. The van der Waals surface area contributed by atoms with Gasteiger partial charge in [-0.3, -0.25) is 4.79 Å². The van der Waals surface area contributed by atoms with Gasteiger partial charge in [-0.1, -0.05) is 11.6 Å². The van der Waals surface area contributed by atoms with E-state index in [2.05, 4.69) is 5.32 Å². The summed E-state index contributed by atoms with van der Waals surface area (Å²) in [6, 6.07) is 9.89. The summed E-state index contributed by atoms with van der Waals surface area (Å²) in [5, 5.41) is 3.44. The first-order chi connectivity index (χ1) is 12.8. The number of rotatable bonds is 4. The molecule has 3 rings (SSSR count). The number of halogens is 2. The van der Waals surface area contributed by atoms with Crippen molar-refractivity contribution in [1.29, 1.82) is 0 Å². The van der Waals surface area contributed by atoms with Crippen molar-refractivity contribution in [3.63, 3.8) is 0 Å². The number of amides is 1. The smallest absolute Gasteiger partial charge is 0.243 e. The molecule has 144 valence electrons. The van der Waals surface area contributed by atoms with Gasteiger partial charge in [-0.2, -0.15) is 4.31 Å². The number of piperidine rings is 1. The monoisotopic (exact) mass is 410 g/mol. The van der Waals surface area contributed by atoms with Crippen LogP contribution in [0.25, 0.3) is 0 Å². The zero-order valence-electron chi connectivity index (χ0n) is 14.8. The number of nitrogens with one attached hydrogen (secondary N) is 1. The lowest BCUT2D eigenvalue weighted by Gasteiger charge is -2.31. The summed E-state index contributed by atoms with van der Waals surface area (Å²) in [4.78, 5) is 12.7. The van der Waals surface area contributed by atoms with Crippen LogP contribution in [0, 0.1) is 18.7 Å². The van der Waals surface area contributed by atoms with E-state index in [4.69, 9.17) is 11.6 Å². The van der Waals surface area contributed by atoms with Crippen molar-refractivity contribution < 1.29 is 17.6 Å². The predicted molar refractivity (Wildman–Crippen MR) is 103 cm³/mol. The summed E-state index contributed by atoms with van der Waals surface area (Å²) >= 11 is 5.93. The Morgan fingerprint density at radius 3 is 2.59 bits per heavy atom. The van der Waals surface area contributed by atoms with Gasteiger partial charge in [0.25, 0.3) is 0 Å². The SMILES string of the molecule is Cc1cc(Cl)ccc1NC(=O)C1CCCN(S(=O)(=O)c2ccc(F)cc2)C1. The molecule has 1 heterocycles. The van der Waals surface area contributed by atoms with Gasteiger partial charge in [-0.15, -0.1) is 0 Å². The van der Waals surface area contributed by atoms with Crippen LogP contribution in [0.5, 0.6) is 0 Å². The second kappa shape index (κ2) is 7.96. The normalized spacial score (nSPS) is 18.3. The molecule has 0 radical (unpaired) electrons. The first-order valence-corrected chi connectivity index (χ1v) is 10.4. The number of anilines is 1. The number of hydrogen-bond acceptors (Lipinski definition) is 3. The fraction of sp³-hybridized carbons (Fsp3) is 0.316. The third kappa shape index (κ3) is 4.48. The van der Waals surface area contributed by atoms with Gasteiger partial charge in [-0.05, 0) is 67.8 Å². The predicted octanol–water partition coefficient (Wildman–Crippen LogP) is 3.83. The van der Waals surface area contributed by atoms with E-state index >= 15 is 0 Å². The summed E-state index contributed by atoms with van der Waals surface area (Å²) < 4.78 is 39.9. The van der Waals surface area contributed by atoms with E-state index in [1.165, 1.54) is 16.4 Å². The fourth-order valence-electron chi connectivity index (χ4n) is 3.13. The van der Waals surface area contributed by atoms with Gasteiger partial charge in [0.05, 0.1) is 10.8 Å². The maximum absolute atomic E-state index is 13.1. The van der Waals surface area contributed by atoms with Crippen molar-refractivity contribution in [2.45, 2.75) is 24.7 Å². The second-order valence-electron chi connectivity index (χ2n) is 6.60. The molecule has 1 aliphatic heterocycles. The topological polar surface area (TPSA) is 66.5 Å². The molecule has 0 saturated carbocycles. The molecule has 1 aliphatic rings. The van der Waals surface area contributed by atoms with Crippen LogP contribution in [-0.4, -0.2) is 31.7 Å². The minimum absolute atomic E-state index is 0.0264. The van der Waals surface area contributed by atoms with Crippen LogP contribution < -0.4 is 5.32 Å². The van der Waals surface area contributed by atoms with E-state index in [1.807, 2.05) is 6.92 Å². The molecule has 0 aliphatic carbocycles. The number of benzene rings is 2. The van der Waals surface area contributed by atoms with Gasteiger partial charge in [0.15, 0.2) is 0 Å². The van der Waals surface area contributed by atoms with Crippen LogP contribution >= 0.6 is 11.6 Å². The molecule has 2 aromatic carbocycles. The Balaban J connectivity index is 1.73. The molecule has 0 aromatic heterocycles. The van der Waals surface area contributed by atoms with Crippen LogP contribution in [-0.2, 0) is 14.8 Å². The average molecular weight is 411 g/mol. The van der Waals surface area contributed by atoms with E-state index in [1.54, 1.807) is 18.2 Å². The molecule has 27 heavy (non-hydrogen) atoms. The van der Waals surface area contributed by atoms with Crippen LogP contribution in [0.4, 0.5) is 10.1 Å². The third-order valence-corrected chi connectivity index (χ3v) is 6.77. The molecule has 0 bridgehead atoms. The lowest BCUT2D eigenvalue weighted by Crippen LogP contribution is -2.43. The second-order valence-corrected chi connectivity index (χ2v) is 8.98. The molecule has 1 atom stereocenters. The van der Waals surface area contributed by atoms with E-state index in [9.17, 15) is 17.6 Å². The number of nitrogens with zero attached hydrogens (tertiary/aromatic N) is 1. The Kier molecular flexibility index (Phi) is 5.83. The molecule has 0 spiro atoms. The Hall–Kier alpha value is -1.96. The van der Waals surface area contributed by atoms with E-state index in [0.717, 1.165) is 17.7 Å². The van der Waals surface area contributed by atoms with Crippen molar-refractivity contribution in [3.05, 3.63) is 58.9 Å². The van der Waals surface area contributed by atoms with Crippen LogP contribution in [0.15, 0.2) is 47.4 Å². The average Bonchev–Trinajstić information content (AvgIpc) is 2.64. The summed E-state index contributed by atoms with van der Waals surface area (Å²) in [7, 11) is -3.76. The van der Waals surface area contributed by atoms with Gasteiger partial charge in [0.2, 0.25) is 15.9 Å². The molecule has 8 heteroatoms. The summed E-state index contributed by atoms with van der Waals surface area (Å²) in [5.74, 6) is -1.17. The fourth-order valence-corrected chi connectivity index (χ4v) is 4.88. The van der Waals surface area contributed by atoms with Gasteiger partial charge >= 0.3 is 0 Å². The largest absolute Gasteiger partial charge is 0.326 e. The van der Waals surface area contributed by atoms with Gasteiger partial charge in [-0.25, -0.2) is 12.8 Å². The van der Waals surface area contributed by atoms with Crippen molar-refractivity contribution in [1.82, 2.24) is 4.31 Å². The molecular weight excluding hydrogens is 391 g/mol. The molecule has 1 saturated heterocycles. The van der Waals surface area contributed by atoms with Crippen molar-refractivity contribution in [2.24, 2.45) is 5.92 Å². The van der Waals surface area contributed by atoms with Gasteiger partial charge < -0.3 is 5.32 Å². The minimum atomic E-state index is -3.76. The van der Waals surface area contributed by atoms with Crippen molar-refractivity contribution in [3.8, 4) is 0 Å². The molecule has 1 N–H and O–H groups in total. The number of sulfonamides is 1. The molecule has 2 aromatic rings. The summed E-state index contributed by atoms with van der Waals surface area (Å²) in [6.07, 6.45) is 1.19. The highest BCUT2D eigenvalue weighted by atomic mass is 35.5. The van der Waals surface area contributed by atoms with Crippen LogP contribution in [0.3, 0.4) is 0 Å². The molecular formula is C19H20ClFN2O3S. The molecule has 1 amide bonds. The number of hydrogen-bond donors (Lipinski definition) is 1. The lowest BCUT2D eigenvalue weighted by molar-refractivity contribution is -0.120. The number of carbonyl (C=O) groups excluding carboxylic acids is 1. The highest BCUT2D eigenvalue weighted by Crippen LogP contribution is 2.26. The Labute approximate surface area is 163 Å². The standard InChI is InChI=1S/C19H20ClFN2O3S/c1-13-11-15(20)4-9-18(13)22-19(24)14-3-2-10-23(12-14)27(25,26)17-7-5-16(21)6-8-17/h4-9,11,14H,2-3,10,12H2,1H3,(H,22,24). The number of aryl methyl sites for hydroxylation is 1. The van der Waals surface area contributed by atoms with E-state index < -0.39 is 21.8 Å². The lowest BCUT2D eigenvalue weighted by atomic mass is 9.98. The van der Waals surface area contributed by atoms with Gasteiger partial charge in [0, 0.05) is 23.8 Å².